The van der Waals surface area contributed by atoms with E-state index in [-0.39, 0.29) is 19.0 Å². The molecular weight excluding hydrogens is 248 g/mol. The van der Waals surface area contributed by atoms with E-state index in [4.69, 9.17) is 9.52 Å². The maximum Gasteiger partial charge on any atom is 0.407 e. The van der Waals surface area contributed by atoms with E-state index in [2.05, 4.69) is 4.98 Å². The predicted octanol–water partition coefficient (Wildman–Crippen LogP) is 1.79. The predicted molar refractivity (Wildman–Crippen MR) is 66.7 cm³/mol. The number of nitrogens with zero attached hydrogens (tertiary/aromatic N) is 2. The average molecular weight is 262 g/mol. The first kappa shape index (κ1) is 12.0. The summed E-state index contributed by atoms with van der Waals surface area (Å²) in [5, 5.41) is 19.5. The smallest absolute Gasteiger partial charge is 0.407 e. The van der Waals surface area contributed by atoms with Crippen molar-refractivity contribution in [3.05, 3.63) is 30.2 Å². The van der Waals surface area contributed by atoms with Gasteiger partial charge in [0, 0.05) is 25.9 Å². The van der Waals surface area contributed by atoms with E-state index in [1.807, 2.05) is 18.2 Å². The topological polar surface area (TPSA) is 86.8 Å². The minimum Gasteiger partial charge on any atom is -0.465 e. The van der Waals surface area contributed by atoms with Crippen LogP contribution in [0.25, 0.3) is 11.1 Å². The summed E-state index contributed by atoms with van der Waals surface area (Å²) in [5.41, 5.74) is 0.156. The highest BCUT2D eigenvalue weighted by Gasteiger charge is 2.39. The first-order valence-electron chi connectivity index (χ1n) is 6.15. The molecule has 0 aliphatic carbocycles. The van der Waals surface area contributed by atoms with Crippen LogP contribution in [0.4, 0.5) is 4.79 Å². The Labute approximate surface area is 109 Å². The number of benzene rings is 1. The van der Waals surface area contributed by atoms with E-state index in [1.54, 1.807) is 6.07 Å². The number of hydrogen-bond donors (Lipinski definition) is 2. The summed E-state index contributed by atoms with van der Waals surface area (Å²) in [6.45, 7) is 0.565. The summed E-state index contributed by atoms with van der Waals surface area (Å²) >= 11 is 0. The Morgan fingerprint density at radius 1 is 1.32 bits per heavy atom. The van der Waals surface area contributed by atoms with E-state index in [0.717, 1.165) is 0 Å². The molecule has 6 heteroatoms. The summed E-state index contributed by atoms with van der Waals surface area (Å²) in [6.07, 6.45) is -0.363. The maximum absolute atomic E-state index is 10.8. The van der Waals surface area contributed by atoms with Crippen LogP contribution in [0.15, 0.2) is 28.7 Å². The van der Waals surface area contributed by atoms with E-state index in [0.29, 0.717) is 23.9 Å². The molecule has 0 atom stereocenters. The van der Waals surface area contributed by atoms with Gasteiger partial charge in [-0.1, -0.05) is 12.1 Å². The lowest BCUT2D eigenvalue weighted by Crippen LogP contribution is -2.44. The van der Waals surface area contributed by atoms with Gasteiger partial charge in [-0.15, -0.1) is 0 Å². The molecule has 1 aliphatic rings. The summed E-state index contributed by atoms with van der Waals surface area (Å²) < 4.78 is 5.58. The van der Waals surface area contributed by atoms with Gasteiger partial charge in [-0.2, -0.15) is 0 Å². The number of carbonyl (C=O) groups is 1. The van der Waals surface area contributed by atoms with Crippen molar-refractivity contribution in [3.8, 4) is 0 Å². The summed E-state index contributed by atoms with van der Waals surface area (Å²) in [4.78, 5) is 16.4. The number of rotatable bonds is 1. The maximum atomic E-state index is 10.8. The molecule has 0 bridgehead atoms. The lowest BCUT2D eigenvalue weighted by molar-refractivity contribution is -0.0406. The molecule has 0 unspecified atom stereocenters. The molecule has 2 N–H and O–H groups in total. The van der Waals surface area contributed by atoms with Crippen LogP contribution in [0.2, 0.25) is 0 Å². The highest BCUT2D eigenvalue weighted by atomic mass is 16.4. The second-order valence-corrected chi connectivity index (χ2v) is 4.79. The molecule has 19 heavy (non-hydrogen) atoms. The third-order valence-electron chi connectivity index (χ3n) is 3.55. The van der Waals surface area contributed by atoms with E-state index >= 15 is 0 Å². The average Bonchev–Trinajstić information content (AvgIpc) is 2.83. The van der Waals surface area contributed by atoms with Gasteiger partial charge in [-0.25, -0.2) is 9.78 Å². The largest absolute Gasteiger partial charge is 0.465 e. The molecule has 1 aliphatic heterocycles. The zero-order chi connectivity index (χ0) is 13.5. The van der Waals surface area contributed by atoms with Crippen molar-refractivity contribution in [2.24, 2.45) is 0 Å². The minimum absolute atomic E-state index is 0.277. The first-order valence-corrected chi connectivity index (χ1v) is 6.15. The zero-order valence-corrected chi connectivity index (χ0v) is 10.2. The Balaban J connectivity index is 1.87. The van der Waals surface area contributed by atoms with Gasteiger partial charge in [0.05, 0.1) is 0 Å². The number of aliphatic hydroxyl groups is 1. The van der Waals surface area contributed by atoms with Crippen LogP contribution in [-0.4, -0.2) is 39.3 Å². The highest BCUT2D eigenvalue weighted by molar-refractivity contribution is 5.72. The fraction of sp³-hybridized carbons (Fsp3) is 0.385. The van der Waals surface area contributed by atoms with E-state index in [9.17, 15) is 9.90 Å². The second-order valence-electron chi connectivity index (χ2n) is 4.79. The van der Waals surface area contributed by atoms with Gasteiger partial charge in [0.25, 0.3) is 0 Å². The molecular formula is C13H14N2O4. The van der Waals surface area contributed by atoms with Gasteiger partial charge in [0.2, 0.25) is 5.89 Å². The van der Waals surface area contributed by atoms with E-state index < -0.39 is 11.7 Å². The quantitative estimate of drug-likeness (QED) is 0.818. The molecule has 0 saturated carbocycles. The van der Waals surface area contributed by atoms with Crippen LogP contribution >= 0.6 is 0 Å². The van der Waals surface area contributed by atoms with Gasteiger partial charge >= 0.3 is 6.09 Å². The Bertz CT molecular complexity index is 581. The van der Waals surface area contributed by atoms with Gasteiger partial charge < -0.3 is 19.5 Å². The fourth-order valence-electron chi connectivity index (χ4n) is 2.35. The van der Waals surface area contributed by atoms with Gasteiger partial charge in [0.1, 0.15) is 11.1 Å². The van der Waals surface area contributed by atoms with Crippen molar-refractivity contribution < 1.29 is 19.4 Å². The standard InChI is InChI=1S/C13H14N2O4/c16-12(17)15-7-5-13(18,6-8-15)11-14-9-3-1-2-4-10(9)19-11/h1-4,18H,5-8H2,(H,16,17). The Kier molecular flexibility index (Phi) is 2.67. The zero-order valence-electron chi connectivity index (χ0n) is 10.2. The number of para-hydroxylation sites is 2. The molecule has 6 nitrogen and oxygen atoms in total. The van der Waals surface area contributed by atoms with Crippen molar-refractivity contribution in [2.75, 3.05) is 13.1 Å². The molecule has 100 valence electrons. The molecule has 1 amide bonds. The van der Waals surface area contributed by atoms with Crippen LogP contribution in [0.5, 0.6) is 0 Å². The van der Waals surface area contributed by atoms with Crippen LogP contribution in [0, 0.1) is 0 Å². The number of oxazole rings is 1. The number of piperidine rings is 1. The third kappa shape index (κ3) is 2.04. The number of likely N-dealkylation sites (tertiary alicyclic amines) is 1. The number of carboxylic acid groups (broad SMARTS) is 1. The van der Waals surface area contributed by atoms with Crippen LogP contribution < -0.4 is 0 Å². The molecule has 0 spiro atoms. The molecule has 1 aromatic heterocycles. The molecule has 1 fully saturated rings. The SMILES string of the molecule is O=C(O)N1CCC(O)(c2nc3ccccc3o2)CC1. The molecule has 2 aromatic rings. The molecule has 3 rings (SSSR count). The van der Waals surface area contributed by atoms with Crippen LogP contribution in [-0.2, 0) is 5.60 Å². The lowest BCUT2D eigenvalue weighted by Gasteiger charge is -2.34. The molecule has 2 heterocycles. The Hall–Kier alpha value is -2.08. The molecule has 0 radical (unpaired) electrons. The first-order chi connectivity index (χ1) is 9.08. The number of aromatic nitrogens is 1. The number of amides is 1. The van der Waals surface area contributed by atoms with E-state index in [1.165, 1.54) is 4.90 Å². The molecule has 1 saturated heterocycles. The van der Waals surface area contributed by atoms with Crippen molar-refractivity contribution in [3.63, 3.8) is 0 Å². The van der Waals surface area contributed by atoms with Crippen molar-refractivity contribution in [2.45, 2.75) is 18.4 Å². The Morgan fingerprint density at radius 2 is 2.00 bits per heavy atom. The monoisotopic (exact) mass is 262 g/mol. The van der Waals surface area contributed by atoms with Gasteiger partial charge in [-0.05, 0) is 12.1 Å². The van der Waals surface area contributed by atoms with Gasteiger partial charge in [-0.3, -0.25) is 0 Å². The highest BCUT2D eigenvalue weighted by Crippen LogP contribution is 2.33. The fourth-order valence-corrected chi connectivity index (χ4v) is 2.35. The Morgan fingerprint density at radius 3 is 2.63 bits per heavy atom. The normalized spacial score (nSPS) is 18.7. The van der Waals surface area contributed by atoms with Crippen molar-refractivity contribution in [1.29, 1.82) is 0 Å². The summed E-state index contributed by atoms with van der Waals surface area (Å²) in [5.74, 6) is 0.277. The van der Waals surface area contributed by atoms with Crippen LogP contribution in [0.1, 0.15) is 18.7 Å². The van der Waals surface area contributed by atoms with Crippen LogP contribution in [0.3, 0.4) is 0 Å². The summed E-state index contributed by atoms with van der Waals surface area (Å²) in [7, 11) is 0. The lowest BCUT2D eigenvalue weighted by atomic mass is 9.91. The minimum atomic E-state index is -1.18. The van der Waals surface area contributed by atoms with Crippen molar-refractivity contribution >= 4 is 17.2 Å². The number of fused-ring (bicyclic) bond motifs is 1. The molecule has 1 aromatic carbocycles. The second kappa shape index (κ2) is 4.24. The van der Waals surface area contributed by atoms with Crippen molar-refractivity contribution in [1.82, 2.24) is 9.88 Å². The third-order valence-corrected chi connectivity index (χ3v) is 3.55. The van der Waals surface area contributed by atoms with Gasteiger partial charge in [0.15, 0.2) is 5.58 Å². The number of hydrogen-bond acceptors (Lipinski definition) is 4. The summed E-state index contributed by atoms with van der Waals surface area (Å²) in [6, 6.07) is 7.31.